The summed E-state index contributed by atoms with van der Waals surface area (Å²) in [6, 6.07) is 11.6. The summed E-state index contributed by atoms with van der Waals surface area (Å²) in [6.45, 7) is -0.551. The fourth-order valence-electron chi connectivity index (χ4n) is 3.34. The molecule has 0 amide bonds. The molecule has 158 valence electrons. The van der Waals surface area contributed by atoms with E-state index >= 15 is 0 Å². The van der Waals surface area contributed by atoms with E-state index in [1.54, 1.807) is 24.3 Å². The molecule has 0 radical (unpaired) electrons. The van der Waals surface area contributed by atoms with Crippen LogP contribution in [-0.2, 0) is 17.6 Å². The molecule has 6 N–H and O–H groups in total. The number of aliphatic hydroxyl groups is 4. The molecule has 0 saturated carbocycles. The van der Waals surface area contributed by atoms with E-state index in [-0.39, 0.29) is 17.2 Å². The van der Waals surface area contributed by atoms with Gasteiger partial charge in [0.25, 0.3) is 0 Å². The highest BCUT2D eigenvalue weighted by atomic mass is 16.7. The molecule has 3 rings (SSSR count). The lowest BCUT2D eigenvalue weighted by molar-refractivity contribution is -0.277. The van der Waals surface area contributed by atoms with Gasteiger partial charge in [0.15, 0.2) is 0 Å². The Labute approximate surface area is 168 Å². The number of hydrogen-bond donors (Lipinski definition) is 6. The van der Waals surface area contributed by atoms with Crippen LogP contribution in [0.15, 0.2) is 42.5 Å². The molecule has 8 heteroatoms. The molecule has 2 aromatic carbocycles. The maximum Gasteiger partial charge on any atom is 0.229 e. The van der Waals surface area contributed by atoms with Crippen molar-refractivity contribution in [1.82, 2.24) is 0 Å². The van der Waals surface area contributed by atoms with Crippen molar-refractivity contribution in [2.45, 2.75) is 50.0 Å². The molecular weight excluding hydrogens is 380 g/mol. The molecule has 29 heavy (non-hydrogen) atoms. The first-order valence-electron chi connectivity index (χ1n) is 9.46. The number of phenols is 2. The topological polar surface area (TPSA) is 140 Å². The Hall–Kier alpha value is -2.36. The van der Waals surface area contributed by atoms with Crippen LogP contribution in [0.2, 0.25) is 0 Å². The van der Waals surface area contributed by atoms with Crippen LogP contribution >= 0.6 is 0 Å². The summed E-state index contributed by atoms with van der Waals surface area (Å²) < 4.78 is 11.1. The van der Waals surface area contributed by atoms with Gasteiger partial charge in [-0.15, -0.1) is 0 Å². The van der Waals surface area contributed by atoms with Crippen molar-refractivity contribution in [1.29, 1.82) is 0 Å². The maximum atomic E-state index is 10.3. The lowest BCUT2D eigenvalue weighted by Gasteiger charge is -2.39. The minimum Gasteiger partial charge on any atom is -0.508 e. The Morgan fingerprint density at radius 1 is 0.862 bits per heavy atom. The summed E-state index contributed by atoms with van der Waals surface area (Å²) in [5, 5.41) is 58.9. The van der Waals surface area contributed by atoms with Gasteiger partial charge in [-0.3, -0.25) is 0 Å². The smallest absolute Gasteiger partial charge is 0.229 e. The standard InChI is InChI=1S/C21H26O8/c22-11-17-18(25)19(26)20(27)21(29-17)28-16-6-2-5-15(24)14(16)4-1-3-12-7-9-13(23)10-8-12/h2,5-10,17-27H,1,3-4,11H2/t17-,18+,19+,20+,21+/m0/s1. The Kier molecular flexibility index (Phi) is 6.94. The van der Waals surface area contributed by atoms with E-state index in [4.69, 9.17) is 9.47 Å². The number of aryl methyl sites for hydroxylation is 1. The quantitative estimate of drug-likeness (QED) is 0.390. The van der Waals surface area contributed by atoms with E-state index in [1.165, 1.54) is 6.07 Å². The summed E-state index contributed by atoms with van der Waals surface area (Å²) in [4.78, 5) is 0. The van der Waals surface area contributed by atoms with Crippen molar-refractivity contribution < 1.29 is 40.1 Å². The summed E-state index contributed by atoms with van der Waals surface area (Å²) in [6.07, 6.45) is -5.05. The average molecular weight is 406 g/mol. The molecule has 1 aliphatic heterocycles. The van der Waals surface area contributed by atoms with Crippen LogP contribution in [0.4, 0.5) is 0 Å². The molecule has 1 heterocycles. The Bertz CT molecular complexity index is 792. The highest BCUT2D eigenvalue weighted by Crippen LogP contribution is 2.32. The van der Waals surface area contributed by atoms with Gasteiger partial charge in [-0.25, -0.2) is 0 Å². The van der Waals surface area contributed by atoms with Gasteiger partial charge in [0, 0.05) is 5.56 Å². The maximum absolute atomic E-state index is 10.3. The number of rotatable bonds is 7. The monoisotopic (exact) mass is 406 g/mol. The van der Waals surface area contributed by atoms with Gasteiger partial charge >= 0.3 is 0 Å². The van der Waals surface area contributed by atoms with Gasteiger partial charge in [-0.05, 0) is 49.1 Å². The Morgan fingerprint density at radius 2 is 1.59 bits per heavy atom. The normalized spacial score (nSPS) is 27.0. The van der Waals surface area contributed by atoms with Crippen LogP contribution in [-0.4, -0.2) is 68.0 Å². The van der Waals surface area contributed by atoms with Crippen LogP contribution in [0.3, 0.4) is 0 Å². The average Bonchev–Trinajstić information content (AvgIpc) is 2.71. The molecule has 5 atom stereocenters. The third-order valence-electron chi connectivity index (χ3n) is 5.03. The summed E-state index contributed by atoms with van der Waals surface area (Å²) in [7, 11) is 0. The van der Waals surface area contributed by atoms with E-state index in [9.17, 15) is 30.6 Å². The molecule has 0 spiro atoms. The van der Waals surface area contributed by atoms with Crippen molar-refractivity contribution in [2.75, 3.05) is 6.61 Å². The van der Waals surface area contributed by atoms with Crippen LogP contribution in [0.25, 0.3) is 0 Å². The predicted molar refractivity (Wildman–Crippen MR) is 103 cm³/mol. The minimum absolute atomic E-state index is 0.0257. The zero-order valence-electron chi connectivity index (χ0n) is 15.8. The van der Waals surface area contributed by atoms with Gasteiger partial charge in [0.05, 0.1) is 6.61 Å². The second-order valence-electron chi connectivity index (χ2n) is 7.09. The van der Waals surface area contributed by atoms with E-state index < -0.39 is 37.3 Å². The zero-order valence-corrected chi connectivity index (χ0v) is 15.8. The second-order valence-corrected chi connectivity index (χ2v) is 7.09. The lowest BCUT2D eigenvalue weighted by Crippen LogP contribution is -2.60. The van der Waals surface area contributed by atoms with E-state index in [0.29, 0.717) is 24.8 Å². The highest BCUT2D eigenvalue weighted by molar-refractivity contribution is 5.44. The number of aliphatic hydroxyl groups excluding tert-OH is 4. The molecule has 2 aromatic rings. The first-order chi connectivity index (χ1) is 13.9. The van der Waals surface area contributed by atoms with Crippen LogP contribution in [0.5, 0.6) is 17.2 Å². The van der Waals surface area contributed by atoms with Gasteiger partial charge in [0.2, 0.25) is 6.29 Å². The van der Waals surface area contributed by atoms with E-state index in [2.05, 4.69) is 0 Å². The third kappa shape index (κ3) is 4.98. The largest absolute Gasteiger partial charge is 0.508 e. The molecular formula is C21H26O8. The summed E-state index contributed by atoms with van der Waals surface area (Å²) >= 11 is 0. The molecule has 1 fully saturated rings. The number of phenolic OH excluding ortho intramolecular Hbond substituents is 2. The van der Waals surface area contributed by atoms with Gasteiger partial charge in [0.1, 0.15) is 41.7 Å². The third-order valence-corrected chi connectivity index (χ3v) is 5.03. The SMILES string of the molecule is OC[C@@H]1O[C@@H](Oc2cccc(O)c2CCCc2ccc(O)cc2)[C@H](O)[C@H](O)[C@@H]1O. The molecule has 0 bridgehead atoms. The first kappa shape index (κ1) is 21.4. The van der Waals surface area contributed by atoms with Crippen LogP contribution < -0.4 is 4.74 Å². The molecule has 0 aromatic heterocycles. The summed E-state index contributed by atoms with van der Waals surface area (Å²) in [5.41, 5.74) is 1.55. The fourth-order valence-corrected chi connectivity index (χ4v) is 3.34. The minimum atomic E-state index is -1.54. The Morgan fingerprint density at radius 3 is 2.28 bits per heavy atom. The van der Waals surface area contributed by atoms with E-state index in [0.717, 1.165) is 5.56 Å². The highest BCUT2D eigenvalue weighted by Gasteiger charge is 2.44. The molecule has 0 aliphatic carbocycles. The van der Waals surface area contributed by atoms with Crippen molar-refractivity contribution in [3.8, 4) is 17.2 Å². The van der Waals surface area contributed by atoms with Crippen molar-refractivity contribution in [3.63, 3.8) is 0 Å². The molecule has 1 aliphatic rings. The van der Waals surface area contributed by atoms with Crippen LogP contribution in [0, 0.1) is 0 Å². The number of hydrogen-bond acceptors (Lipinski definition) is 8. The number of ether oxygens (including phenoxy) is 2. The summed E-state index contributed by atoms with van der Waals surface area (Å²) in [5.74, 6) is 0.502. The second kappa shape index (κ2) is 9.43. The number of aromatic hydroxyl groups is 2. The Balaban J connectivity index is 1.69. The van der Waals surface area contributed by atoms with Crippen LogP contribution in [0.1, 0.15) is 17.5 Å². The fraction of sp³-hybridized carbons (Fsp3) is 0.429. The van der Waals surface area contributed by atoms with Crippen molar-refractivity contribution in [3.05, 3.63) is 53.6 Å². The van der Waals surface area contributed by atoms with Crippen molar-refractivity contribution >= 4 is 0 Å². The van der Waals surface area contributed by atoms with Crippen molar-refractivity contribution in [2.24, 2.45) is 0 Å². The first-order valence-corrected chi connectivity index (χ1v) is 9.46. The van der Waals surface area contributed by atoms with Gasteiger partial charge < -0.3 is 40.1 Å². The van der Waals surface area contributed by atoms with E-state index in [1.807, 2.05) is 12.1 Å². The molecule has 0 unspecified atom stereocenters. The molecule has 8 nitrogen and oxygen atoms in total. The predicted octanol–water partition coefficient (Wildman–Crippen LogP) is 0.452. The van der Waals surface area contributed by atoms with Gasteiger partial charge in [-0.2, -0.15) is 0 Å². The lowest BCUT2D eigenvalue weighted by atomic mass is 9.99. The van der Waals surface area contributed by atoms with Gasteiger partial charge in [-0.1, -0.05) is 18.2 Å². The molecule has 1 saturated heterocycles. The number of benzene rings is 2. The zero-order chi connectivity index (χ0) is 21.0.